The van der Waals surface area contributed by atoms with Crippen LogP contribution in [0, 0.1) is 5.82 Å². The van der Waals surface area contributed by atoms with Crippen LogP contribution in [-0.4, -0.2) is 41.1 Å². The molecular weight excluding hydrogens is 277 g/mol. The maximum absolute atomic E-state index is 13.3. The number of aliphatic carboxylic acids is 1. The van der Waals surface area contributed by atoms with Crippen molar-refractivity contribution in [2.24, 2.45) is 0 Å². The molecule has 21 heavy (non-hydrogen) atoms. The van der Waals surface area contributed by atoms with E-state index in [1.165, 1.54) is 12.1 Å². The summed E-state index contributed by atoms with van der Waals surface area (Å²) in [4.78, 5) is 24.3. The Kier molecular flexibility index (Phi) is 5.14. The van der Waals surface area contributed by atoms with Gasteiger partial charge in [-0.25, -0.2) is 4.39 Å². The molecule has 0 aromatic heterocycles. The summed E-state index contributed by atoms with van der Waals surface area (Å²) < 4.78 is 18.6. The summed E-state index contributed by atoms with van der Waals surface area (Å²) in [7, 11) is 0. The second kappa shape index (κ2) is 7.06. The molecule has 0 bridgehead atoms. The number of ether oxygens (including phenoxy) is 1. The first-order valence-corrected chi connectivity index (χ1v) is 6.96. The lowest BCUT2D eigenvalue weighted by Gasteiger charge is -2.21. The predicted octanol–water partition coefficient (Wildman–Crippen LogP) is 2.06. The summed E-state index contributed by atoms with van der Waals surface area (Å²) >= 11 is 0. The summed E-state index contributed by atoms with van der Waals surface area (Å²) in [6, 6.07) is 6.17. The van der Waals surface area contributed by atoms with Gasteiger partial charge >= 0.3 is 5.97 Å². The zero-order chi connectivity index (χ0) is 15.2. The highest BCUT2D eigenvalue weighted by Gasteiger charge is 2.32. The lowest BCUT2D eigenvalue weighted by atomic mass is 10.3. The third-order valence-corrected chi connectivity index (χ3v) is 3.28. The maximum atomic E-state index is 13.3. The largest absolute Gasteiger partial charge is 0.490 e. The number of rotatable bonds is 8. The Bertz CT molecular complexity index is 516. The topological polar surface area (TPSA) is 66.8 Å². The molecule has 2 rings (SSSR count). The van der Waals surface area contributed by atoms with Crippen LogP contribution >= 0.6 is 0 Å². The van der Waals surface area contributed by atoms with Crippen molar-refractivity contribution in [1.82, 2.24) is 4.90 Å². The standard InChI is InChI=1S/C15H18FNO4/c16-12-3-1-2-4-13(12)21-10-8-14(18)17(11-5-6-11)9-7-15(19)20/h1-4,11H,5-10H2,(H,19,20). The van der Waals surface area contributed by atoms with Crippen LogP contribution in [0.25, 0.3) is 0 Å². The van der Waals surface area contributed by atoms with E-state index in [1.54, 1.807) is 17.0 Å². The second-order valence-electron chi connectivity index (χ2n) is 4.99. The first-order valence-electron chi connectivity index (χ1n) is 6.96. The smallest absolute Gasteiger partial charge is 0.305 e. The van der Waals surface area contributed by atoms with Crippen LogP contribution in [0.5, 0.6) is 5.75 Å². The highest BCUT2D eigenvalue weighted by molar-refractivity contribution is 5.77. The van der Waals surface area contributed by atoms with Gasteiger partial charge in [0.2, 0.25) is 5.91 Å². The molecule has 6 heteroatoms. The molecular formula is C15H18FNO4. The number of amides is 1. The lowest BCUT2D eigenvalue weighted by molar-refractivity contribution is -0.138. The molecule has 1 N–H and O–H groups in total. The van der Waals surface area contributed by atoms with Crippen LogP contribution < -0.4 is 4.74 Å². The van der Waals surface area contributed by atoms with Gasteiger partial charge in [-0.05, 0) is 25.0 Å². The number of carboxylic acids is 1. The maximum Gasteiger partial charge on any atom is 0.305 e. The molecule has 0 saturated heterocycles. The first kappa shape index (κ1) is 15.3. The SMILES string of the molecule is O=C(O)CCN(C(=O)CCOc1ccccc1F)C1CC1. The molecule has 1 amide bonds. The van der Waals surface area contributed by atoms with Crippen molar-refractivity contribution in [2.75, 3.05) is 13.2 Å². The molecule has 1 aromatic rings. The van der Waals surface area contributed by atoms with Crippen LogP contribution in [0.2, 0.25) is 0 Å². The number of hydrogen-bond acceptors (Lipinski definition) is 3. The van der Waals surface area contributed by atoms with Crippen molar-refractivity contribution in [3.8, 4) is 5.75 Å². The Morgan fingerprint density at radius 1 is 1.29 bits per heavy atom. The van der Waals surface area contributed by atoms with Crippen LogP contribution in [0.4, 0.5) is 4.39 Å². The van der Waals surface area contributed by atoms with Gasteiger partial charge in [0.15, 0.2) is 11.6 Å². The summed E-state index contributed by atoms with van der Waals surface area (Å²) in [5.41, 5.74) is 0. The molecule has 0 radical (unpaired) electrons. The Hall–Kier alpha value is -2.11. The molecule has 1 aliphatic rings. The van der Waals surface area contributed by atoms with Gasteiger partial charge in [0.1, 0.15) is 0 Å². The van der Waals surface area contributed by atoms with Gasteiger partial charge in [-0.3, -0.25) is 9.59 Å². The van der Waals surface area contributed by atoms with Crippen LogP contribution in [-0.2, 0) is 9.59 Å². The minimum atomic E-state index is -0.920. The van der Waals surface area contributed by atoms with Gasteiger partial charge in [0.05, 0.1) is 19.4 Å². The van der Waals surface area contributed by atoms with E-state index in [9.17, 15) is 14.0 Å². The normalized spacial score (nSPS) is 13.8. The van der Waals surface area contributed by atoms with E-state index in [-0.39, 0.29) is 43.7 Å². The number of halogens is 1. The number of nitrogens with zero attached hydrogens (tertiary/aromatic N) is 1. The molecule has 0 atom stereocenters. The minimum Gasteiger partial charge on any atom is -0.490 e. The van der Waals surface area contributed by atoms with Crippen molar-refractivity contribution in [1.29, 1.82) is 0 Å². The Balaban J connectivity index is 1.79. The number of para-hydroxylation sites is 1. The van der Waals surface area contributed by atoms with Gasteiger partial charge in [-0.1, -0.05) is 12.1 Å². The quantitative estimate of drug-likeness (QED) is 0.797. The van der Waals surface area contributed by atoms with Crippen molar-refractivity contribution in [3.05, 3.63) is 30.1 Å². The number of carbonyl (C=O) groups is 2. The third kappa shape index (κ3) is 4.73. The molecule has 1 saturated carbocycles. The predicted molar refractivity (Wildman–Crippen MR) is 73.5 cm³/mol. The Morgan fingerprint density at radius 3 is 2.62 bits per heavy atom. The van der Waals surface area contributed by atoms with E-state index in [1.807, 2.05) is 0 Å². The van der Waals surface area contributed by atoms with Gasteiger partial charge in [0.25, 0.3) is 0 Å². The van der Waals surface area contributed by atoms with Crippen molar-refractivity contribution >= 4 is 11.9 Å². The van der Waals surface area contributed by atoms with Gasteiger partial charge in [-0.2, -0.15) is 0 Å². The van der Waals surface area contributed by atoms with Gasteiger partial charge < -0.3 is 14.7 Å². The van der Waals surface area contributed by atoms with E-state index in [2.05, 4.69) is 0 Å². The first-order chi connectivity index (χ1) is 10.1. The van der Waals surface area contributed by atoms with Crippen LogP contribution in [0.15, 0.2) is 24.3 Å². The molecule has 1 aromatic carbocycles. The van der Waals surface area contributed by atoms with E-state index < -0.39 is 11.8 Å². The zero-order valence-electron chi connectivity index (χ0n) is 11.6. The van der Waals surface area contributed by atoms with Gasteiger partial charge in [-0.15, -0.1) is 0 Å². The molecule has 0 aliphatic heterocycles. The summed E-state index contributed by atoms with van der Waals surface area (Å²) in [5, 5.41) is 8.70. The fraction of sp³-hybridized carbons (Fsp3) is 0.467. The van der Waals surface area contributed by atoms with E-state index in [0.717, 1.165) is 12.8 Å². The Morgan fingerprint density at radius 2 is 2.00 bits per heavy atom. The van der Waals surface area contributed by atoms with Crippen molar-refractivity contribution < 1.29 is 23.8 Å². The van der Waals surface area contributed by atoms with Crippen LogP contribution in [0.3, 0.4) is 0 Å². The zero-order valence-corrected chi connectivity index (χ0v) is 11.6. The van der Waals surface area contributed by atoms with Crippen molar-refractivity contribution in [2.45, 2.75) is 31.7 Å². The monoisotopic (exact) mass is 295 g/mol. The van der Waals surface area contributed by atoms with E-state index >= 15 is 0 Å². The average Bonchev–Trinajstić information content (AvgIpc) is 3.25. The fourth-order valence-corrected chi connectivity index (χ4v) is 2.07. The summed E-state index contributed by atoms with van der Waals surface area (Å²) in [6.07, 6.45) is 1.89. The molecule has 114 valence electrons. The van der Waals surface area contributed by atoms with E-state index in [4.69, 9.17) is 9.84 Å². The highest BCUT2D eigenvalue weighted by atomic mass is 19.1. The summed E-state index contributed by atoms with van der Waals surface area (Å²) in [6.45, 7) is 0.300. The molecule has 0 heterocycles. The highest BCUT2D eigenvalue weighted by Crippen LogP contribution is 2.27. The molecule has 0 unspecified atom stereocenters. The van der Waals surface area contributed by atoms with Crippen molar-refractivity contribution in [3.63, 3.8) is 0 Å². The molecule has 1 fully saturated rings. The minimum absolute atomic E-state index is 0.0591. The molecule has 5 nitrogen and oxygen atoms in total. The molecule has 1 aliphatic carbocycles. The average molecular weight is 295 g/mol. The number of benzene rings is 1. The van der Waals surface area contributed by atoms with E-state index in [0.29, 0.717) is 0 Å². The fourth-order valence-electron chi connectivity index (χ4n) is 2.07. The van der Waals surface area contributed by atoms with Crippen LogP contribution in [0.1, 0.15) is 25.7 Å². The lowest BCUT2D eigenvalue weighted by Crippen LogP contribution is -2.35. The van der Waals surface area contributed by atoms with Gasteiger partial charge in [0, 0.05) is 12.6 Å². The number of carbonyl (C=O) groups excluding carboxylic acids is 1. The third-order valence-electron chi connectivity index (χ3n) is 3.28. The Labute approximate surface area is 122 Å². The second-order valence-corrected chi connectivity index (χ2v) is 4.99. The molecule has 0 spiro atoms. The number of hydrogen-bond donors (Lipinski definition) is 1. The summed E-state index contributed by atoms with van der Waals surface area (Å²) in [5.74, 6) is -1.41. The number of carboxylic acid groups (broad SMARTS) is 1.